The second kappa shape index (κ2) is 8.23. The van der Waals surface area contributed by atoms with Crippen molar-refractivity contribution in [1.82, 2.24) is 9.55 Å². The van der Waals surface area contributed by atoms with E-state index in [1.807, 2.05) is 48.8 Å². The molecule has 0 unspecified atom stereocenters. The first-order valence-electron chi connectivity index (χ1n) is 10.3. The van der Waals surface area contributed by atoms with E-state index in [-0.39, 0.29) is 5.97 Å². The summed E-state index contributed by atoms with van der Waals surface area (Å²) < 4.78 is 18.5. The average molecular weight is 426 g/mol. The van der Waals surface area contributed by atoms with Crippen LogP contribution in [0.2, 0.25) is 0 Å². The fraction of sp³-hybridized carbons (Fsp3) is 0.154. The maximum absolute atomic E-state index is 12.2. The maximum atomic E-state index is 12.2. The van der Waals surface area contributed by atoms with Crippen LogP contribution in [0.4, 0.5) is 0 Å². The minimum absolute atomic E-state index is 0.377. The third-order valence-corrected chi connectivity index (χ3v) is 5.70. The van der Waals surface area contributed by atoms with Crippen LogP contribution in [0.3, 0.4) is 0 Å². The summed E-state index contributed by atoms with van der Waals surface area (Å²) in [6.45, 7) is 1.05. The maximum Gasteiger partial charge on any atom is 0.337 e. The number of benzene rings is 3. The zero-order valence-electron chi connectivity index (χ0n) is 17.9. The van der Waals surface area contributed by atoms with Crippen molar-refractivity contribution in [3.63, 3.8) is 0 Å². The molecule has 2 heterocycles. The van der Waals surface area contributed by atoms with Crippen LogP contribution in [-0.4, -0.2) is 29.7 Å². The van der Waals surface area contributed by atoms with Gasteiger partial charge in [0.2, 0.25) is 0 Å². The van der Waals surface area contributed by atoms with E-state index in [0.717, 1.165) is 44.8 Å². The van der Waals surface area contributed by atoms with Crippen molar-refractivity contribution in [2.45, 2.75) is 13.2 Å². The Hall–Kier alpha value is -4.06. The van der Waals surface area contributed by atoms with Gasteiger partial charge in [-0.2, -0.15) is 0 Å². The first-order valence-corrected chi connectivity index (χ1v) is 10.3. The van der Waals surface area contributed by atoms with Crippen LogP contribution in [0.5, 0.6) is 11.5 Å². The van der Waals surface area contributed by atoms with Crippen LogP contribution in [0, 0.1) is 0 Å². The first-order chi connectivity index (χ1) is 15.7. The van der Waals surface area contributed by atoms with Crippen LogP contribution in [0.15, 0.2) is 73.1 Å². The van der Waals surface area contributed by atoms with Crippen LogP contribution in [-0.2, 0) is 17.9 Å². The molecule has 0 saturated heterocycles. The highest BCUT2D eigenvalue weighted by molar-refractivity contribution is 5.93. The smallest absolute Gasteiger partial charge is 0.337 e. The second-order valence-corrected chi connectivity index (χ2v) is 7.52. The molecule has 6 nitrogen and oxygen atoms in total. The molecule has 1 aliphatic rings. The van der Waals surface area contributed by atoms with Crippen LogP contribution >= 0.6 is 0 Å². The number of rotatable bonds is 4. The van der Waals surface area contributed by atoms with E-state index in [4.69, 9.17) is 14.2 Å². The standard InChI is InChI=1S/C26H22N2O4/c1-30-19-8-9-23-24(14-19)28(16-27-23)12-11-21-20-6-4-3-5-18(20)15-32-25-10-7-17(13-22(21)25)26(29)31-2/h3-11,13-14,16H,12,15H2,1-2H3/b21-11+. The number of fused-ring (bicyclic) bond motifs is 3. The van der Waals surface area contributed by atoms with Crippen molar-refractivity contribution >= 4 is 22.6 Å². The van der Waals surface area contributed by atoms with E-state index < -0.39 is 0 Å². The van der Waals surface area contributed by atoms with Gasteiger partial charge in [0.15, 0.2) is 0 Å². The van der Waals surface area contributed by atoms with Crippen molar-refractivity contribution in [2.75, 3.05) is 14.2 Å². The summed E-state index contributed by atoms with van der Waals surface area (Å²) in [7, 11) is 3.04. The largest absolute Gasteiger partial charge is 0.497 e. The van der Waals surface area contributed by atoms with E-state index >= 15 is 0 Å². The fourth-order valence-corrected chi connectivity index (χ4v) is 4.04. The average Bonchev–Trinajstić information content (AvgIpc) is 3.17. The monoisotopic (exact) mass is 426 g/mol. The number of imidazole rings is 1. The Balaban J connectivity index is 1.64. The second-order valence-electron chi connectivity index (χ2n) is 7.52. The van der Waals surface area contributed by atoms with Crippen LogP contribution in [0.1, 0.15) is 27.0 Å². The molecule has 4 aromatic rings. The zero-order valence-corrected chi connectivity index (χ0v) is 17.9. The van der Waals surface area contributed by atoms with Gasteiger partial charge in [-0.15, -0.1) is 0 Å². The molecule has 0 saturated carbocycles. The molecule has 0 amide bonds. The number of methoxy groups -OCH3 is 2. The highest BCUT2D eigenvalue weighted by Gasteiger charge is 2.21. The van der Waals surface area contributed by atoms with E-state index in [0.29, 0.717) is 18.7 Å². The molecule has 5 rings (SSSR count). The van der Waals surface area contributed by atoms with Gasteiger partial charge in [-0.05, 0) is 47.0 Å². The Morgan fingerprint density at radius 1 is 1.09 bits per heavy atom. The summed E-state index contributed by atoms with van der Waals surface area (Å²) in [6.07, 6.45) is 3.97. The third-order valence-electron chi connectivity index (χ3n) is 5.70. The quantitative estimate of drug-likeness (QED) is 0.436. The lowest BCUT2D eigenvalue weighted by Crippen LogP contribution is -2.03. The molecule has 0 fully saturated rings. The van der Waals surface area contributed by atoms with Gasteiger partial charge < -0.3 is 18.8 Å². The summed E-state index contributed by atoms with van der Waals surface area (Å²) in [5.41, 5.74) is 6.41. The Labute approximate surface area is 185 Å². The van der Waals surface area contributed by atoms with E-state index in [1.54, 1.807) is 13.2 Å². The molecule has 32 heavy (non-hydrogen) atoms. The predicted octanol–water partition coefficient (Wildman–Crippen LogP) is 4.86. The van der Waals surface area contributed by atoms with E-state index in [2.05, 4.69) is 27.8 Å². The fourth-order valence-electron chi connectivity index (χ4n) is 4.04. The summed E-state index contributed by atoms with van der Waals surface area (Å²) >= 11 is 0. The lowest BCUT2D eigenvalue weighted by atomic mass is 9.93. The molecule has 1 aliphatic heterocycles. The van der Waals surface area contributed by atoms with Crippen molar-refractivity contribution in [3.05, 3.63) is 95.3 Å². The van der Waals surface area contributed by atoms with Crippen LogP contribution in [0.25, 0.3) is 16.6 Å². The minimum Gasteiger partial charge on any atom is -0.497 e. The molecule has 0 atom stereocenters. The van der Waals surface area contributed by atoms with Gasteiger partial charge in [0.05, 0.1) is 37.1 Å². The molecule has 160 valence electrons. The van der Waals surface area contributed by atoms with Gasteiger partial charge in [0, 0.05) is 18.2 Å². The number of allylic oxidation sites excluding steroid dienone is 1. The lowest BCUT2D eigenvalue weighted by molar-refractivity contribution is 0.0600. The summed E-state index contributed by atoms with van der Waals surface area (Å²) in [5.74, 6) is 1.14. The lowest BCUT2D eigenvalue weighted by Gasteiger charge is -2.12. The van der Waals surface area contributed by atoms with Crippen LogP contribution < -0.4 is 9.47 Å². The van der Waals surface area contributed by atoms with Gasteiger partial charge in [-0.1, -0.05) is 30.3 Å². The number of esters is 1. The molecule has 0 N–H and O–H groups in total. The summed E-state index contributed by atoms with van der Waals surface area (Å²) in [5, 5.41) is 0. The summed E-state index contributed by atoms with van der Waals surface area (Å²) in [6, 6.07) is 19.4. The molecule has 0 aliphatic carbocycles. The van der Waals surface area contributed by atoms with Crippen molar-refractivity contribution in [1.29, 1.82) is 0 Å². The molecular formula is C26H22N2O4. The van der Waals surface area contributed by atoms with Gasteiger partial charge in [0.25, 0.3) is 0 Å². The highest BCUT2D eigenvalue weighted by atomic mass is 16.5. The number of ether oxygens (including phenoxy) is 3. The molecule has 3 aromatic carbocycles. The first kappa shape index (κ1) is 19.9. The molecule has 1 aromatic heterocycles. The Morgan fingerprint density at radius 3 is 2.81 bits per heavy atom. The summed E-state index contributed by atoms with van der Waals surface area (Å²) in [4.78, 5) is 16.7. The molecule has 0 bridgehead atoms. The number of hydrogen-bond donors (Lipinski definition) is 0. The topological polar surface area (TPSA) is 62.6 Å². The number of carbonyl (C=O) groups excluding carboxylic acids is 1. The number of aromatic nitrogens is 2. The number of nitrogens with zero attached hydrogens (tertiary/aromatic N) is 2. The predicted molar refractivity (Wildman–Crippen MR) is 122 cm³/mol. The zero-order chi connectivity index (χ0) is 22.1. The highest BCUT2D eigenvalue weighted by Crippen LogP contribution is 2.37. The molecule has 0 spiro atoms. The number of carbonyl (C=O) groups is 1. The molecular weight excluding hydrogens is 404 g/mol. The van der Waals surface area contributed by atoms with Gasteiger partial charge >= 0.3 is 5.97 Å². The van der Waals surface area contributed by atoms with Gasteiger partial charge in [-0.25, -0.2) is 9.78 Å². The normalized spacial score (nSPS) is 13.8. The SMILES string of the molecule is COC(=O)c1ccc2c(c1)/C(=C/Cn1cnc3ccc(OC)cc31)c1ccccc1CO2. The van der Waals surface area contributed by atoms with Gasteiger partial charge in [0.1, 0.15) is 18.1 Å². The van der Waals surface area contributed by atoms with E-state index in [1.165, 1.54) is 7.11 Å². The Bertz CT molecular complexity index is 1350. The van der Waals surface area contributed by atoms with Crippen molar-refractivity contribution in [2.24, 2.45) is 0 Å². The molecule has 6 heteroatoms. The van der Waals surface area contributed by atoms with Crippen molar-refractivity contribution < 1.29 is 19.0 Å². The Morgan fingerprint density at radius 2 is 1.97 bits per heavy atom. The number of hydrogen-bond acceptors (Lipinski definition) is 5. The van der Waals surface area contributed by atoms with E-state index in [9.17, 15) is 4.79 Å². The van der Waals surface area contributed by atoms with Crippen molar-refractivity contribution in [3.8, 4) is 11.5 Å². The molecule has 0 radical (unpaired) electrons. The third kappa shape index (κ3) is 3.50. The Kier molecular flexibility index (Phi) is 5.11. The minimum atomic E-state index is -0.377. The van der Waals surface area contributed by atoms with Gasteiger partial charge in [-0.3, -0.25) is 0 Å².